The molecule has 0 unspecified atom stereocenters. The number of sulfone groups is 1. The molecule has 0 spiro atoms. The molecule has 2 amide bonds. The van der Waals surface area contributed by atoms with E-state index in [0.29, 0.717) is 23.6 Å². The topological polar surface area (TPSA) is 75.3 Å². The van der Waals surface area contributed by atoms with Crippen molar-refractivity contribution in [2.45, 2.75) is 25.8 Å². The van der Waals surface area contributed by atoms with E-state index in [1.54, 1.807) is 6.07 Å². The van der Waals surface area contributed by atoms with Gasteiger partial charge in [0.25, 0.3) is 0 Å². The quantitative estimate of drug-likeness (QED) is 0.879. The lowest BCUT2D eigenvalue weighted by atomic mass is 10.1. The van der Waals surface area contributed by atoms with Crippen LogP contribution in [-0.4, -0.2) is 32.0 Å². The Labute approximate surface area is 123 Å². The smallest absolute Gasteiger partial charge is 0.319 e. The number of halogens is 1. The van der Waals surface area contributed by atoms with E-state index in [1.807, 2.05) is 19.1 Å². The number of nitrogens with one attached hydrogen (secondary N) is 2. The van der Waals surface area contributed by atoms with Gasteiger partial charge in [-0.2, -0.15) is 0 Å². The van der Waals surface area contributed by atoms with E-state index in [9.17, 15) is 13.2 Å². The number of benzene rings is 1. The summed E-state index contributed by atoms with van der Waals surface area (Å²) in [6.07, 6.45) is 0.911. The molecule has 0 radical (unpaired) electrons. The maximum Gasteiger partial charge on any atom is 0.319 e. The van der Waals surface area contributed by atoms with Crippen molar-refractivity contribution in [2.75, 3.05) is 16.8 Å². The van der Waals surface area contributed by atoms with Crippen LogP contribution in [0.5, 0.6) is 0 Å². The summed E-state index contributed by atoms with van der Waals surface area (Å²) in [5.74, 6) is 0.256. The Hall–Kier alpha value is -1.27. The summed E-state index contributed by atoms with van der Waals surface area (Å²) in [5.41, 5.74) is 1.45. The summed E-state index contributed by atoms with van der Waals surface area (Å²) < 4.78 is 22.6. The number of hydrogen-bond acceptors (Lipinski definition) is 3. The molecule has 1 aromatic rings. The zero-order valence-electron chi connectivity index (χ0n) is 11.1. The molecule has 2 rings (SSSR count). The number of amides is 2. The summed E-state index contributed by atoms with van der Waals surface area (Å²) in [6.45, 7) is 1.86. The number of carbonyl (C=O) groups is 1. The molecule has 1 saturated heterocycles. The number of rotatable bonds is 2. The molecule has 1 heterocycles. The molecule has 110 valence electrons. The first-order valence-electron chi connectivity index (χ1n) is 6.40. The van der Waals surface area contributed by atoms with Crippen molar-refractivity contribution in [3.63, 3.8) is 0 Å². The highest BCUT2D eigenvalue weighted by atomic mass is 35.5. The minimum atomic E-state index is -2.92. The van der Waals surface area contributed by atoms with Crippen molar-refractivity contribution in [3.8, 4) is 0 Å². The summed E-state index contributed by atoms with van der Waals surface area (Å²) in [5, 5.41) is 5.98. The first kappa shape index (κ1) is 15.1. The molecule has 0 bridgehead atoms. The third-order valence-corrected chi connectivity index (χ3v) is 5.38. The molecule has 2 N–H and O–H groups in total. The molecule has 0 atom stereocenters. The molecular weight excluding hydrogens is 300 g/mol. The fourth-order valence-corrected chi connectivity index (χ4v) is 3.92. The van der Waals surface area contributed by atoms with Gasteiger partial charge in [0, 0.05) is 6.04 Å². The molecule has 0 aliphatic carbocycles. The minimum Gasteiger partial charge on any atom is -0.335 e. The predicted molar refractivity (Wildman–Crippen MR) is 80.0 cm³/mol. The predicted octanol–water partition coefficient (Wildman–Crippen LogP) is 2.35. The molecule has 7 heteroatoms. The van der Waals surface area contributed by atoms with Gasteiger partial charge in [-0.15, -0.1) is 0 Å². The van der Waals surface area contributed by atoms with Crippen LogP contribution in [0.1, 0.15) is 18.4 Å². The Kier molecular flexibility index (Phi) is 4.55. The van der Waals surface area contributed by atoms with Crippen molar-refractivity contribution in [3.05, 3.63) is 28.8 Å². The Bertz CT molecular complexity index is 582. The van der Waals surface area contributed by atoms with E-state index in [0.717, 1.165) is 5.56 Å². The highest BCUT2D eigenvalue weighted by molar-refractivity contribution is 7.91. The van der Waals surface area contributed by atoms with Crippen LogP contribution in [0.3, 0.4) is 0 Å². The average molecular weight is 317 g/mol. The van der Waals surface area contributed by atoms with Gasteiger partial charge < -0.3 is 10.6 Å². The van der Waals surface area contributed by atoms with E-state index >= 15 is 0 Å². The van der Waals surface area contributed by atoms with Crippen LogP contribution in [0.2, 0.25) is 5.02 Å². The highest BCUT2D eigenvalue weighted by Gasteiger charge is 2.24. The fourth-order valence-electron chi connectivity index (χ4n) is 2.16. The van der Waals surface area contributed by atoms with Crippen molar-refractivity contribution in [1.82, 2.24) is 5.32 Å². The van der Waals surface area contributed by atoms with Crippen LogP contribution in [0, 0.1) is 6.92 Å². The van der Waals surface area contributed by atoms with Crippen LogP contribution < -0.4 is 10.6 Å². The first-order chi connectivity index (χ1) is 9.37. The van der Waals surface area contributed by atoms with Gasteiger partial charge in [0.15, 0.2) is 0 Å². The van der Waals surface area contributed by atoms with Gasteiger partial charge in [0.2, 0.25) is 0 Å². The second-order valence-electron chi connectivity index (χ2n) is 4.96. The molecule has 1 aliphatic heterocycles. The molecule has 5 nitrogen and oxygen atoms in total. The molecular formula is C13H17ClN2O3S. The molecule has 1 aliphatic rings. The Morgan fingerprint density at radius 1 is 1.30 bits per heavy atom. The lowest BCUT2D eigenvalue weighted by Crippen LogP contribution is -2.42. The third kappa shape index (κ3) is 3.86. The van der Waals surface area contributed by atoms with E-state index in [2.05, 4.69) is 10.6 Å². The van der Waals surface area contributed by atoms with Crippen LogP contribution >= 0.6 is 11.6 Å². The van der Waals surface area contributed by atoms with Crippen LogP contribution in [-0.2, 0) is 9.84 Å². The second-order valence-corrected chi connectivity index (χ2v) is 7.67. The van der Waals surface area contributed by atoms with Crippen molar-refractivity contribution in [1.29, 1.82) is 0 Å². The van der Waals surface area contributed by atoms with Gasteiger partial charge in [0.1, 0.15) is 9.84 Å². The lowest BCUT2D eigenvalue weighted by molar-refractivity contribution is 0.247. The number of para-hydroxylation sites is 1. The van der Waals surface area contributed by atoms with Crippen molar-refractivity contribution in [2.24, 2.45) is 0 Å². The van der Waals surface area contributed by atoms with Crippen LogP contribution in [0.25, 0.3) is 0 Å². The van der Waals surface area contributed by atoms with Gasteiger partial charge >= 0.3 is 6.03 Å². The van der Waals surface area contributed by atoms with E-state index < -0.39 is 9.84 Å². The highest BCUT2D eigenvalue weighted by Crippen LogP contribution is 2.25. The fraction of sp³-hybridized carbons (Fsp3) is 0.462. The average Bonchev–Trinajstić information content (AvgIpc) is 2.37. The van der Waals surface area contributed by atoms with Crippen molar-refractivity contribution < 1.29 is 13.2 Å². The standard InChI is InChI=1S/C13H17ClN2O3S/c1-9-3-2-4-11(14)12(9)16-13(17)15-10-5-7-20(18,19)8-6-10/h2-4,10H,5-8H2,1H3,(H2,15,16,17). The number of carbonyl (C=O) groups excluding carboxylic acids is 1. The van der Waals surface area contributed by atoms with E-state index in [4.69, 9.17) is 11.6 Å². The van der Waals surface area contributed by atoms with Gasteiger partial charge in [-0.3, -0.25) is 0 Å². The molecule has 1 aromatic carbocycles. The van der Waals surface area contributed by atoms with Crippen LogP contribution in [0.15, 0.2) is 18.2 Å². The maximum atomic E-state index is 11.9. The van der Waals surface area contributed by atoms with Gasteiger partial charge in [-0.25, -0.2) is 13.2 Å². The third-order valence-electron chi connectivity index (χ3n) is 3.35. The van der Waals surface area contributed by atoms with E-state index in [-0.39, 0.29) is 23.6 Å². The summed E-state index contributed by atoms with van der Waals surface area (Å²) in [7, 11) is -2.92. The Balaban J connectivity index is 1.93. The molecule has 0 saturated carbocycles. The monoisotopic (exact) mass is 316 g/mol. The number of urea groups is 1. The van der Waals surface area contributed by atoms with Gasteiger partial charge in [-0.05, 0) is 31.4 Å². The first-order valence-corrected chi connectivity index (χ1v) is 8.60. The lowest BCUT2D eigenvalue weighted by Gasteiger charge is -2.23. The Morgan fingerprint density at radius 2 is 1.95 bits per heavy atom. The number of aryl methyl sites for hydroxylation is 1. The van der Waals surface area contributed by atoms with Gasteiger partial charge in [-0.1, -0.05) is 23.7 Å². The summed E-state index contributed by atoms with van der Waals surface area (Å²) in [6, 6.07) is 4.91. The summed E-state index contributed by atoms with van der Waals surface area (Å²) >= 11 is 6.03. The zero-order chi connectivity index (χ0) is 14.8. The SMILES string of the molecule is Cc1cccc(Cl)c1NC(=O)NC1CCS(=O)(=O)CC1. The van der Waals surface area contributed by atoms with Gasteiger partial charge in [0.05, 0.1) is 22.2 Å². The normalized spacial score (nSPS) is 18.5. The number of anilines is 1. The zero-order valence-corrected chi connectivity index (χ0v) is 12.7. The molecule has 0 aromatic heterocycles. The number of hydrogen-bond donors (Lipinski definition) is 2. The molecule has 20 heavy (non-hydrogen) atoms. The van der Waals surface area contributed by atoms with Crippen molar-refractivity contribution >= 4 is 33.2 Å². The van der Waals surface area contributed by atoms with E-state index in [1.165, 1.54) is 0 Å². The van der Waals surface area contributed by atoms with Crippen LogP contribution in [0.4, 0.5) is 10.5 Å². The largest absolute Gasteiger partial charge is 0.335 e. The summed E-state index contributed by atoms with van der Waals surface area (Å²) in [4.78, 5) is 11.9. The second kappa shape index (κ2) is 6.01. The minimum absolute atomic E-state index is 0.110. The maximum absolute atomic E-state index is 11.9. The Morgan fingerprint density at radius 3 is 2.55 bits per heavy atom. The molecule has 1 fully saturated rings.